The molecular formula is C29H29F2N3O4. The Balaban J connectivity index is 1.51. The normalized spacial score (nSPS) is 20.4. The van der Waals surface area contributed by atoms with Crippen molar-refractivity contribution in [2.24, 2.45) is 0 Å². The van der Waals surface area contributed by atoms with Crippen molar-refractivity contribution in [3.05, 3.63) is 107 Å². The molecule has 0 aromatic heterocycles. The predicted molar refractivity (Wildman–Crippen MR) is 137 cm³/mol. The Morgan fingerprint density at radius 1 is 0.974 bits per heavy atom. The first-order valence-corrected chi connectivity index (χ1v) is 12.3. The summed E-state index contributed by atoms with van der Waals surface area (Å²) in [6.45, 7) is 1.68. The van der Waals surface area contributed by atoms with Crippen LogP contribution in [0, 0.1) is 11.6 Å². The number of nitrogens with one attached hydrogen (secondary N) is 2. The van der Waals surface area contributed by atoms with Crippen LogP contribution in [0.25, 0.3) is 0 Å². The molecule has 1 saturated heterocycles. The van der Waals surface area contributed by atoms with E-state index in [1.165, 1.54) is 6.92 Å². The minimum Gasteiger partial charge on any atom is -0.368 e. The zero-order chi connectivity index (χ0) is 27.2. The molecule has 7 nitrogen and oxygen atoms in total. The molecule has 198 valence electrons. The summed E-state index contributed by atoms with van der Waals surface area (Å²) in [4.78, 5) is 40.8. The second-order valence-electron chi connectivity index (χ2n) is 9.27. The molecule has 4 atom stereocenters. The number of carbonyl (C=O) groups is 3. The van der Waals surface area contributed by atoms with Gasteiger partial charge in [-0.2, -0.15) is 0 Å². The molecule has 0 spiro atoms. The van der Waals surface area contributed by atoms with Gasteiger partial charge >= 0.3 is 0 Å². The van der Waals surface area contributed by atoms with Crippen LogP contribution < -0.4 is 10.6 Å². The lowest BCUT2D eigenvalue weighted by Crippen LogP contribution is -2.54. The van der Waals surface area contributed by atoms with E-state index in [2.05, 4.69) is 10.6 Å². The van der Waals surface area contributed by atoms with Crippen molar-refractivity contribution in [3.63, 3.8) is 0 Å². The number of hydrogen-bond donors (Lipinski definition) is 2. The monoisotopic (exact) mass is 521 g/mol. The number of benzene rings is 3. The highest BCUT2D eigenvalue weighted by atomic mass is 19.1. The molecule has 4 rings (SSSR count). The van der Waals surface area contributed by atoms with Crippen molar-refractivity contribution < 1.29 is 27.9 Å². The number of likely N-dealkylation sites (N-methyl/N-ethyl adjacent to an activating group) is 1. The Morgan fingerprint density at radius 3 is 2.16 bits per heavy atom. The van der Waals surface area contributed by atoms with Crippen LogP contribution in [-0.2, 0) is 25.5 Å². The molecule has 0 radical (unpaired) electrons. The molecule has 0 bridgehead atoms. The molecule has 0 unspecified atom stereocenters. The minimum absolute atomic E-state index is 0.137. The van der Waals surface area contributed by atoms with Gasteiger partial charge in [0.2, 0.25) is 17.7 Å². The average molecular weight is 522 g/mol. The summed E-state index contributed by atoms with van der Waals surface area (Å²) in [5, 5.41) is 5.28. The van der Waals surface area contributed by atoms with E-state index in [0.717, 1.165) is 23.3 Å². The van der Waals surface area contributed by atoms with Crippen molar-refractivity contribution in [2.45, 2.75) is 37.6 Å². The van der Waals surface area contributed by atoms with Gasteiger partial charge in [-0.25, -0.2) is 8.78 Å². The third kappa shape index (κ3) is 6.41. The Bertz CT molecular complexity index is 1270. The maximum atomic E-state index is 13.7. The van der Waals surface area contributed by atoms with E-state index in [-0.39, 0.29) is 30.5 Å². The van der Waals surface area contributed by atoms with Crippen LogP contribution in [0.5, 0.6) is 0 Å². The van der Waals surface area contributed by atoms with Gasteiger partial charge in [0.05, 0.1) is 19.1 Å². The number of carbonyl (C=O) groups excluding carboxylic acids is 3. The molecule has 1 fully saturated rings. The van der Waals surface area contributed by atoms with Gasteiger partial charge in [-0.15, -0.1) is 0 Å². The smallest absolute Gasteiger partial charge is 0.248 e. The van der Waals surface area contributed by atoms with Gasteiger partial charge in [-0.05, 0) is 35.7 Å². The molecule has 1 heterocycles. The Morgan fingerprint density at radius 2 is 1.55 bits per heavy atom. The van der Waals surface area contributed by atoms with Crippen LogP contribution >= 0.6 is 0 Å². The van der Waals surface area contributed by atoms with Crippen LogP contribution in [0.2, 0.25) is 0 Å². The quantitative estimate of drug-likeness (QED) is 0.499. The third-order valence-electron chi connectivity index (χ3n) is 6.49. The van der Waals surface area contributed by atoms with Crippen LogP contribution in [0.15, 0.2) is 78.9 Å². The SMILES string of the molecule is C[C@H](NC(=O)Cc1cc(F)cc(F)c1)C(=O)N[C@@H]1C(=O)N(C)[C@H](c2ccccc2)CO[C@@H]1c1ccccc1. The number of ether oxygens (including phenoxy) is 1. The first-order chi connectivity index (χ1) is 18.2. The van der Waals surface area contributed by atoms with Gasteiger partial charge in [0, 0.05) is 13.1 Å². The van der Waals surface area contributed by atoms with E-state index in [1.54, 1.807) is 11.9 Å². The largest absolute Gasteiger partial charge is 0.368 e. The lowest BCUT2D eigenvalue weighted by molar-refractivity contribution is -0.138. The number of amides is 3. The van der Waals surface area contributed by atoms with Gasteiger partial charge in [0.1, 0.15) is 29.8 Å². The fraction of sp³-hybridized carbons (Fsp3) is 0.276. The molecule has 1 aliphatic heterocycles. The highest BCUT2D eigenvalue weighted by Gasteiger charge is 2.40. The lowest BCUT2D eigenvalue weighted by Gasteiger charge is -2.29. The second kappa shape index (κ2) is 12.0. The summed E-state index contributed by atoms with van der Waals surface area (Å²) in [5.41, 5.74) is 1.76. The number of hydrogen-bond acceptors (Lipinski definition) is 4. The van der Waals surface area contributed by atoms with E-state index in [0.29, 0.717) is 6.07 Å². The highest BCUT2D eigenvalue weighted by molar-refractivity contribution is 5.92. The van der Waals surface area contributed by atoms with Gasteiger partial charge in [0.15, 0.2) is 0 Å². The van der Waals surface area contributed by atoms with Crippen molar-refractivity contribution in [1.82, 2.24) is 15.5 Å². The number of nitrogens with zero attached hydrogens (tertiary/aromatic N) is 1. The topological polar surface area (TPSA) is 87.7 Å². The number of rotatable bonds is 7. The molecule has 0 saturated carbocycles. The predicted octanol–water partition coefficient (Wildman–Crippen LogP) is 3.47. The molecule has 38 heavy (non-hydrogen) atoms. The summed E-state index contributed by atoms with van der Waals surface area (Å²) in [7, 11) is 1.67. The Labute approximate surface area is 219 Å². The molecule has 2 N–H and O–H groups in total. The summed E-state index contributed by atoms with van der Waals surface area (Å²) in [6, 6.07) is 19.0. The first kappa shape index (κ1) is 26.9. The summed E-state index contributed by atoms with van der Waals surface area (Å²) in [5.74, 6) is -3.13. The van der Waals surface area contributed by atoms with Crippen molar-refractivity contribution in [3.8, 4) is 0 Å². The second-order valence-corrected chi connectivity index (χ2v) is 9.27. The van der Waals surface area contributed by atoms with E-state index in [4.69, 9.17) is 4.74 Å². The first-order valence-electron chi connectivity index (χ1n) is 12.3. The Hall–Kier alpha value is -4.11. The maximum Gasteiger partial charge on any atom is 0.248 e. The molecular weight excluding hydrogens is 492 g/mol. The van der Waals surface area contributed by atoms with E-state index < -0.39 is 41.6 Å². The van der Waals surface area contributed by atoms with Crippen molar-refractivity contribution >= 4 is 17.7 Å². The Kier molecular flexibility index (Phi) is 8.48. The van der Waals surface area contributed by atoms with E-state index >= 15 is 0 Å². The molecule has 3 aromatic carbocycles. The zero-order valence-electron chi connectivity index (χ0n) is 21.1. The summed E-state index contributed by atoms with van der Waals surface area (Å²) < 4.78 is 33.2. The van der Waals surface area contributed by atoms with E-state index in [1.807, 2.05) is 60.7 Å². The van der Waals surface area contributed by atoms with Crippen molar-refractivity contribution in [2.75, 3.05) is 13.7 Å². The number of halogens is 2. The van der Waals surface area contributed by atoms with Crippen LogP contribution in [0.3, 0.4) is 0 Å². The third-order valence-corrected chi connectivity index (χ3v) is 6.49. The highest BCUT2D eigenvalue weighted by Crippen LogP contribution is 2.32. The van der Waals surface area contributed by atoms with Gasteiger partial charge in [-0.1, -0.05) is 60.7 Å². The van der Waals surface area contributed by atoms with Crippen LogP contribution in [0.4, 0.5) is 8.78 Å². The summed E-state index contributed by atoms with van der Waals surface area (Å²) >= 11 is 0. The molecule has 1 aliphatic rings. The van der Waals surface area contributed by atoms with Crippen LogP contribution in [0.1, 0.15) is 35.8 Å². The molecule has 3 aromatic rings. The van der Waals surface area contributed by atoms with Gasteiger partial charge in [0.25, 0.3) is 0 Å². The maximum absolute atomic E-state index is 13.7. The lowest BCUT2D eigenvalue weighted by atomic mass is 10.0. The van der Waals surface area contributed by atoms with E-state index in [9.17, 15) is 23.2 Å². The molecule has 0 aliphatic carbocycles. The fourth-order valence-corrected chi connectivity index (χ4v) is 4.50. The van der Waals surface area contributed by atoms with Gasteiger partial charge in [-0.3, -0.25) is 14.4 Å². The average Bonchev–Trinajstić information content (AvgIpc) is 3.01. The minimum atomic E-state index is -1.06. The van der Waals surface area contributed by atoms with Gasteiger partial charge < -0.3 is 20.3 Å². The fourth-order valence-electron chi connectivity index (χ4n) is 4.50. The summed E-state index contributed by atoms with van der Waals surface area (Å²) in [6.07, 6.45) is -1.08. The molecule has 9 heteroatoms. The zero-order valence-corrected chi connectivity index (χ0v) is 21.1. The van der Waals surface area contributed by atoms with Crippen LogP contribution in [-0.4, -0.2) is 48.4 Å². The standard InChI is InChI=1S/C29H29F2N3O4/c1-18(32-25(35)15-19-13-22(30)16-23(31)14-19)28(36)33-26-27(21-11-7-4-8-12-21)38-17-24(34(2)29(26)37)20-9-5-3-6-10-20/h3-14,16,18,24,26-27H,15,17H2,1-2H3,(H,32,35)(H,33,36)/t18-,24-,26-,27+/m0/s1. The van der Waals surface area contributed by atoms with Crippen molar-refractivity contribution in [1.29, 1.82) is 0 Å². The molecule has 3 amide bonds.